The maximum Gasteiger partial charge on any atom is 0.267 e. The highest BCUT2D eigenvalue weighted by molar-refractivity contribution is 6.09. The Kier molecular flexibility index (Phi) is 2.14. The third kappa shape index (κ3) is 1.36. The molecule has 3 aliphatic rings. The van der Waals surface area contributed by atoms with Crippen LogP contribution in [0.3, 0.4) is 0 Å². The van der Waals surface area contributed by atoms with Gasteiger partial charge in [-0.15, -0.1) is 0 Å². The largest absolute Gasteiger partial charge is 0.370 e. The van der Waals surface area contributed by atoms with Crippen molar-refractivity contribution in [3.8, 4) is 0 Å². The molecule has 5 heteroatoms. The molecule has 1 amide bonds. The number of benzene rings is 1. The summed E-state index contributed by atoms with van der Waals surface area (Å²) in [6.07, 6.45) is 2.41. The second-order valence-electron chi connectivity index (χ2n) is 5.35. The van der Waals surface area contributed by atoms with Crippen molar-refractivity contribution in [2.75, 3.05) is 18.0 Å². The lowest BCUT2D eigenvalue weighted by Gasteiger charge is -2.40. The number of hydrogen-bond acceptors (Lipinski definition) is 3. The summed E-state index contributed by atoms with van der Waals surface area (Å²) in [6.45, 7) is 2.25. The molecule has 5 rings (SSSR count). The quantitative estimate of drug-likeness (QED) is 0.411. The molecule has 19 heavy (non-hydrogen) atoms. The van der Waals surface area contributed by atoms with Crippen LogP contribution in [-0.2, 0) is 0 Å². The zero-order valence-electron chi connectivity index (χ0n) is 10.6. The molecule has 0 spiro atoms. The fourth-order valence-corrected chi connectivity index (χ4v) is 3.52. The van der Waals surface area contributed by atoms with E-state index in [0.717, 1.165) is 24.0 Å². The number of para-hydroxylation sites is 1. The predicted octanol–water partition coefficient (Wildman–Crippen LogP) is 1.47. The fourth-order valence-electron chi connectivity index (χ4n) is 3.52. The van der Waals surface area contributed by atoms with Crippen molar-refractivity contribution in [2.45, 2.75) is 18.8 Å². The maximum absolute atomic E-state index is 11.8. The number of nitrogens with one attached hydrogen (secondary N) is 2. The molecule has 4 heterocycles. The average molecular weight is 256 g/mol. The number of rotatable bonds is 1. The number of carbonyl (C=O) groups excluding carboxylic acids is 1. The molecule has 0 aliphatic carbocycles. The topological polar surface area (TPSA) is 74.1 Å². The van der Waals surface area contributed by atoms with Crippen molar-refractivity contribution in [3.63, 3.8) is 0 Å². The first-order chi connectivity index (χ1) is 9.29. The van der Waals surface area contributed by atoms with E-state index in [1.165, 1.54) is 24.2 Å². The summed E-state index contributed by atoms with van der Waals surface area (Å²) in [4.78, 5) is 17.8. The first-order valence-corrected chi connectivity index (χ1v) is 6.70. The van der Waals surface area contributed by atoms with Gasteiger partial charge in [-0.2, -0.15) is 0 Å². The minimum absolute atomic E-state index is 0.244. The Morgan fingerprint density at radius 1 is 1.37 bits per heavy atom. The number of fused-ring (bicyclic) bond motifs is 3. The average Bonchev–Trinajstić information content (AvgIpc) is 2.89. The van der Waals surface area contributed by atoms with Crippen LogP contribution in [0.5, 0.6) is 0 Å². The van der Waals surface area contributed by atoms with Crippen LogP contribution in [0.2, 0.25) is 0 Å². The third-order valence-corrected chi connectivity index (χ3v) is 4.43. The van der Waals surface area contributed by atoms with E-state index in [4.69, 9.17) is 5.84 Å². The van der Waals surface area contributed by atoms with Crippen LogP contribution in [0.1, 0.15) is 34.8 Å². The summed E-state index contributed by atoms with van der Waals surface area (Å²) in [5.41, 5.74) is 6.34. The Labute approximate surface area is 110 Å². The predicted molar refractivity (Wildman–Crippen MR) is 74.1 cm³/mol. The number of amides is 1. The van der Waals surface area contributed by atoms with E-state index in [1.807, 2.05) is 12.1 Å². The number of aromatic nitrogens is 1. The van der Waals surface area contributed by atoms with Gasteiger partial charge >= 0.3 is 0 Å². The molecule has 0 unspecified atom stereocenters. The van der Waals surface area contributed by atoms with Gasteiger partial charge in [0.25, 0.3) is 5.91 Å². The smallest absolute Gasteiger partial charge is 0.267 e. The van der Waals surface area contributed by atoms with E-state index in [9.17, 15) is 4.79 Å². The number of piperidine rings is 1. The number of nitrogen functional groups attached to an aromatic ring is 1. The van der Waals surface area contributed by atoms with Crippen LogP contribution in [-0.4, -0.2) is 24.0 Å². The molecule has 5 nitrogen and oxygen atoms in total. The molecule has 2 bridgehead atoms. The van der Waals surface area contributed by atoms with Crippen LogP contribution < -0.4 is 16.2 Å². The van der Waals surface area contributed by atoms with Crippen LogP contribution in [0.15, 0.2) is 18.2 Å². The molecule has 1 aromatic carbocycles. The lowest BCUT2D eigenvalue weighted by Crippen LogP contribution is -2.38. The molecular formula is C14H16N4O. The third-order valence-electron chi connectivity index (χ3n) is 4.43. The van der Waals surface area contributed by atoms with Gasteiger partial charge in [0.2, 0.25) is 0 Å². The molecule has 2 aromatic rings. The van der Waals surface area contributed by atoms with E-state index < -0.39 is 0 Å². The second kappa shape index (κ2) is 3.74. The van der Waals surface area contributed by atoms with Crippen molar-refractivity contribution in [1.29, 1.82) is 0 Å². The van der Waals surface area contributed by atoms with Gasteiger partial charge in [-0.05, 0) is 18.9 Å². The summed E-state index contributed by atoms with van der Waals surface area (Å²) in [5, 5.41) is 1.14. The minimum Gasteiger partial charge on any atom is -0.370 e. The van der Waals surface area contributed by atoms with E-state index in [2.05, 4.69) is 21.4 Å². The molecule has 0 saturated carbocycles. The molecular weight excluding hydrogens is 240 g/mol. The molecule has 1 aromatic heterocycles. The van der Waals surface area contributed by atoms with Crippen molar-refractivity contribution in [1.82, 2.24) is 10.4 Å². The standard InChI is InChI=1S/C14H16N4O/c15-17-14(19)10-3-1-2-9-12(10)16-11-8-4-6-18(7-5-8)13(9)11/h1-3,8,16H,4-7,15H2,(H,17,19). The number of carbonyl (C=O) groups is 1. The maximum atomic E-state index is 11.8. The lowest BCUT2D eigenvalue weighted by atomic mass is 9.87. The van der Waals surface area contributed by atoms with Crippen LogP contribution in [0.25, 0.3) is 10.9 Å². The zero-order chi connectivity index (χ0) is 13.0. The van der Waals surface area contributed by atoms with E-state index in [-0.39, 0.29) is 5.91 Å². The number of aromatic amines is 1. The number of hydrogen-bond donors (Lipinski definition) is 3. The Bertz CT molecular complexity index is 667. The number of H-pyrrole nitrogens is 1. The van der Waals surface area contributed by atoms with Crippen molar-refractivity contribution in [3.05, 3.63) is 29.5 Å². The Balaban J connectivity index is 2.01. The highest BCUT2D eigenvalue weighted by atomic mass is 16.2. The van der Waals surface area contributed by atoms with Gasteiger partial charge in [0.1, 0.15) is 0 Å². The molecule has 0 atom stereocenters. The van der Waals surface area contributed by atoms with Gasteiger partial charge in [-0.1, -0.05) is 12.1 Å². The molecule has 1 fully saturated rings. The summed E-state index contributed by atoms with van der Waals surface area (Å²) >= 11 is 0. The van der Waals surface area contributed by atoms with E-state index in [1.54, 1.807) is 0 Å². The van der Waals surface area contributed by atoms with Crippen molar-refractivity contribution >= 4 is 22.5 Å². The van der Waals surface area contributed by atoms with E-state index >= 15 is 0 Å². The summed E-state index contributed by atoms with van der Waals surface area (Å²) in [7, 11) is 0. The van der Waals surface area contributed by atoms with Gasteiger partial charge in [0.05, 0.1) is 16.8 Å². The fraction of sp³-hybridized carbons (Fsp3) is 0.357. The molecule has 98 valence electrons. The zero-order valence-corrected chi connectivity index (χ0v) is 10.6. The molecule has 4 N–H and O–H groups in total. The number of anilines is 1. The Morgan fingerprint density at radius 3 is 2.89 bits per heavy atom. The summed E-state index contributed by atoms with van der Waals surface area (Å²) < 4.78 is 0. The van der Waals surface area contributed by atoms with Gasteiger partial charge < -0.3 is 9.88 Å². The Hall–Kier alpha value is -2.01. The van der Waals surface area contributed by atoms with Crippen LogP contribution >= 0.6 is 0 Å². The van der Waals surface area contributed by atoms with Crippen LogP contribution in [0.4, 0.5) is 5.69 Å². The number of nitrogens with zero attached hydrogens (tertiary/aromatic N) is 1. The molecule has 0 radical (unpaired) electrons. The SMILES string of the molecule is NNC(=O)c1cccc2c3c([nH]c12)C1CCN3CC1. The van der Waals surface area contributed by atoms with E-state index in [0.29, 0.717) is 11.5 Å². The monoisotopic (exact) mass is 256 g/mol. The minimum atomic E-state index is -0.244. The van der Waals surface area contributed by atoms with Gasteiger partial charge in [0, 0.05) is 30.1 Å². The van der Waals surface area contributed by atoms with Crippen molar-refractivity contribution in [2.24, 2.45) is 5.84 Å². The van der Waals surface area contributed by atoms with Crippen molar-refractivity contribution < 1.29 is 4.79 Å². The van der Waals surface area contributed by atoms with Gasteiger partial charge in [-0.25, -0.2) is 5.84 Å². The van der Waals surface area contributed by atoms with Gasteiger partial charge in [0.15, 0.2) is 0 Å². The first kappa shape index (κ1) is 10.9. The lowest BCUT2D eigenvalue weighted by molar-refractivity contribution is 0.0955. The molecule has 3 aliphatic heterocycles. The molecule has 1 saturated heterocycles. The summed E-state index contributed by atoms with van der Waals surface area (Å²) in [5.74, 6) is 5.63. The van der Waals surface area contributed by atoms with Gasteiger partial charge in [-0.3, -0.25) is 10.2 Å². The highest BCUT2D eigenvalue weighted by Gasteiger charge is 2.34. The normalized spacial score (nSPS) is 17.8. The van der Waals surface area contributed by atoms with Crippen LogP contribution in [0, 0.1) is 0 Å². The Morgan fingerprint density at radius 2 is 2.16 bits per heavy atom. The second-order valence-corrected chi connectivity index (χ2v) is 5.35. The first-order valence-electron chi connectivity index (χ1n) is 6.70. The summed E-state index contributed by atoms with van der Waals surface area (Å²) in [6, 6.07) is 5.81. The number of nitrogens with two attached hydrogens (primary N) is 1. The highest BCUT2D eigenvalue weighted by Crippen LogP contribution is 2.46. The number of hydrazine groups is 1.